The van der Waals surface area contributed by atoms with Gasteiger partial charge in [0, 0.05) is 0 Å². The summed E-state index contributed by atoms with van der Waals surface area (Å²) in [7, 11) is 0. The summed E-state index contributed by atoms with van der Waals surface area (Å²) in [6.07, 6.45) is 3.24. The van der Waals surface area contributed by atoms with Crippen molar-refractivity contribution in [3.05, 3.63) is 46.1 Å². The van der Waals surface area contributed by atoms with Gasteiger partial charge in [-0.3, -0.25) is 4.57 Å². The number of anilines is 1. The molecule has 94 valence electrons. The number of benzene rings is 1. The molecule has 5 heteroatoms. The third-order valence-corrected chi connectivity index (χ3v) is 2.91. The molecular formula is C13H16N4O. The fourth-order valence-corrected chi connectivity index (χ4v) is 1.89. The first-order chi connectivity index (χ1) is 8.65. The molecule has 0 aliphatic carbocycles. The second kappa shape index (κ2) is 5.00. The van der Waals surface area contributed by atoms with E-state index in [9.17, 15) is 4.79 Å². The number of aromatic nitrogens is 3. The van der Waals surface area contributed by atoms with Gasteiger partial charge in [0.2, 0.25) is 5.95 Å². The van der Waals surface area contributed by atoms with Crippen molar-refractivity contribution in [3.63, 3.8) is 0 Å². The van der Waals surface area contributed by atoms with Gasteiger partial charge in [0.25, 0.3) is 0 Å². The van der Waals surface area contributed by atoms with E-state index in [1.807, 2.05) is 12.1 Å². The van der Waals surface area contributed by atoms with Crippen LogP contribution in [0.25, 0.3) is 5.69 Å². The van der Waals surface area contributed by atoms with Crippen LogP contribution in [0.1, 0.15) is 25.0 Å². The van der Waals surface area contributed by atoms with Crippen LogP contribution in [-0.4, -0.2) is 14.5 Å². The van der Waals surface area contributed by atoms with Crippen molar-refractivity contribution in [1.29, 1.82) is 0 Å². The molecule has 0 bridgehead atoms. The largest absolute Gasteiger partial charge is 0.368 e. The van der Waals surface area contributed by atoms with Crippen LogP contribution in [0.4, 0.5) is 5.95 Å². The molecule has 0 aliphatic rings. The van der Waals surface area contributed by atoms with Crippen molar-refractivity contribution < 1.29 is 0 Å². The molecule has 0 unspecified atom stereocenters. The minimum Gasteiger partial charge on any atom is -0.368 e. The molecule has 18 heavy (non-hydrogen) atoms. The zero-order valence-corrected chi connectivity index (χ0v) is 10.6. The number of hydrogen-bond acceptors (Lipinski definition) is 4. The Balaban J connectivity index is 2.60. The van der Waals surface area contributed by atoms with Crippen LogP contribution in [0, 0.1) is 0 Å². The Bertz CT molecular complexity index is 619. The van der Waals surface area contributed by atoms with Crippen LogP contribution in [0.2, 0.25) is 0 Å². The van der Waals surface area contributed by atoms with Crippen molar-refractivity contribution in [2.24, 2.45) is 0 Å². The summed E-state index contributed by atoms with van der Waals surface area (Å²) in [6, 6.07) is 6.05. The van der Waals surface area contributed by atoms with E-state index in [2.05, 4.69) is 29.9 Å². The molecule has 1 aromatic heterocycles. The summed E-state index contributed by atoms with van der Waals surface area (Å²) in [5, 5.41) is 0. The van der Waals surface area contributed by atoms with Crippen LogP contribution < -0.4 is 11.4 Å². The van der Waals surface area contributed by atoms with E-state index in [1.54, 1.807) is 0 Å². The molecule has 1 aromatic carbocycles. The van der Waals surface area contributed by atoms with Gasteiger partial charge < -0.3 is 5.73 Å². The highest BCUT2D eigenvalue weighted by atomic mass is 16.1. The van der Waals surface area contributed by atoms with E-state index in [-0.39, 0.29) is 5.95 Å². The Morgan fingerprint density at radius 1 is 1.28 bits per heavy atom. The summed E-state index contributed by atoms with van der Waals surface area (Å²) in [6.45, 7) is 4.16. The molecule has 0 fully saturated rings. The average molecular weight is 244 g/mol. The lowest BCUT2D eigenvalue weighted by atomic mass is 10.0. The topological polar surface area (TPSA) is 73.8 Å². The van der Waals surface area contributed by atoms with Crippen molar-refractivity contribution in [2.45, 2.75) is 26.7 Å². The molecule has 2 rings (SSSR count). The maximum absolute atomic E-state index is 11.8. The van der Waals surface area contributed by atoms with E-state index >= 15 is 0 Å². The van der Waals surface area contributed by atoms with Gasteiger partial charge in [0.05, 0.1) is 5.69 Å². The van der Waals surface area contributed by atoms with Crippen molar-refractivity contribution in [1.82, 2.24) is 14.5 Å². The van der Waals surface area contributed by atoms with Crippen molar-refractivity contribution in [3.8, 4) is 5.69 Å². The second-order valence-electron chi connectivity index (χ2n) is 4.04. The van der Waals surface area contributed by atoms with Crippen molar-refractivity contribution in [2.75, 3.05) is 5.73 Å². The second-order valence-corrected chi connectivity index (χ2v) is 4.04. The Kier molecular flexibility index (Phi) is 3.41. The molecule has 0 saturated carbocycles. The number of rotatable bonds is 3. The molecule has 0 amide bonds. The Morgan fingerprint density at radius 3 is 2.67 bits per heavy atom. The van der Waals surface area contributed by atoms with Crippen LogP contribution in [0.5, 0.6) is 0 Å². The lowest BCUT2D eigenvalue weighted by Gasteiger charge is -2.11. The van der Waals surface area contributed by atoms with Crippen LogP contribution in [-0.2, 0) is 12.8 Å². The SMILES string of the molecule is CCc1ccc(-n2cnc(N)nc2=O)c(CC)c1. The molecule has 0 radical (unpaired) electrons. The summed E-state index contributed by atoms with van der Waals surface area (Å²) < 4.78 is 1.43. The van der Waals surface area contributed by atoms with E-state index in [4.69, 9.17) is 5.73 Å². The first-order valence-electron chi connectivity index (χ1n) is 5.99. The van der Waals surface area contributed by atoms with Gasteiger partial charge >= 0.3 is 5.69 Å². The molecule has 2 aromatic rings. The Morgan fingerprint density at radius 2 is 2.06 bits per heavy atom. The fourth-order valence-electron chi connectivity index (χ4n) is 1.89. The summed E-state index contributed by atoms with van der Waals surface area (Å²) in [5.41, 5.74) is 8.16. The number of hydrogen-bond donors (Lipinski definition) is 1. The van der Waals surface area contributed by atoms with Gasteiger partial charge in [0.15, 0.2) is 0 Å². The average Bonchev–Trinajstić information content (AvgIpc) is 2.38. The molecule has 5 nitrogen and oxygen atoms in total. The number of nitrogens with zero attached hydrogens (tertiary/aromatic N) is 3. The first-order valence-corrected chi connectivity index (χ1v) is 5.99. The molecule has 0 aliphatic heterocycles. The first kappa shape index (κ1) is 12.3. The number of aryl methyl sites for hydroxylation is 2. The van der Waals surface area contributed by atoms with E-state index in [0.29, 0.717) is 0 Å². The molecular weight excluding hydrogens is 228 g/mol. The third kappa shape index (κ3) is 2.25. The normalized spacial score (nSPS) is 10.6. The minimum atomic E-state index is -0.401. The highest BCUT2D eigenvalue weighted by molar-refractivity contribution is 5.43. The summed E-state index contributed by atoms with van der Waals surface area (Å²) in [4.78, 5) is 19.3. The monoisotopic (exact) mass is 244 g/mol. The molecule has 2 N–H and O–H groups in total. The standard InChI is InChI=1S/C13H16N4O/c1-3-9-5-6-11(10(4-2)7-9)17-8-15-12(14)16-13(17)18/h5-8H,3-4H2,1-2H3,(H2,14,16,18). The predicted molar refractivity (Wildman–Crippen MR) is 70.8 cm³/mol. The van der Waals surface area contributed by atoms with Gasteiger partial charge in [0.1, 0.15) is 6.33 Å². The highest BCUT2D eigenvalue weighted by Gasteiger charge is 2.07. The number of nitrogens with two attached hydrogens (primary N) is 1. The van der Waals surface area contributed by atoms with Gasteiger partial charge in [-0.2, -0.15) is 4.98 Å². The summed E-state index contributed by atoms with van der Waals surface area (Å²) >= 11 is 0. The lowest BCUT2D eigenvalue weighted by Crippen LogP contribution is -2.24. The van der Waals surface area contributed by atoms with Gasteiger partial charge in [-0.05, 0) is 30.0 Å². The zero-order valence-electron chi connectivity index (χ0n) is 10.6. The van der Waals surface area contributed by atoms with Crippen LogP contribution in [0.15, 0.2) is 29.3 Å². The molecule has 0 spiro atoms. The van der Waals surface area contributed by atoms with Gasteiger partial charge in [-0.25, -0.2) is 9.78 Å². The third-order valence-electron chi connectivity index (χ3n) is 2.91. The Labute approximate surface area is 105 Å². The predicted octanol–water partition coefficient (Wildman–Crippen LogP) is 1.33. The fraction of sp³-hybridized carbons (Fsp3) is 0.308. The highest BCUT2D eigenvalue weighted by Crippen LogP contribution is 2.16. The van der Waals surface area contributed by atoms with Crippen molar-refractivity contribution >= 4 is 5.95 Å². The zero-order chi connectivity index (χ0) is 13.1. The maximum atomic E-state index is 11.8. The van der Waals surface area contributed by atoms with Gasteiger partial charge in [-0.15, -0.1) is 0 Å². The van der Waals surface area contributed by atoms with Crippen LogP contribution >= 0.6 is 0 Å². The molecule has 0 atom stereocenters. The van der Waals surface area contributed by atoms with Gasteiger partial charge in [-0.1, -0.05) is 26.0 Å². The lowest BCUT2D eigenvalue weighted by molar-refractivity contribution is 0.853. The van der Waals surface area contributed by atoms with E-state index in [0.717, 1.165) is 24.1 Å². The van der Waals surface area contributed by atoms with E-state index < -0.39 is 5.69 Å². The smallest absolute Gasteiger partial charge is 0.356 e. The van der Waals surface area contributed by atoms with E-state index in [1.165, 1.54) is 16.5 Å². The summed E-state index contributed by atoms with van der Waals surface area (Å²) in [5.74, 6) is -0.000484. The molecule has 0 saturated heterocycles. The quantitative estimate of drug-likeness (QED) is 0.884. The minimum absolute atomic E-state index is 0.000484. The van der Waals surface area contributed by atoms with Crippen LogP contribution in [0.3, 0.4) is 0 Å². The Hall–Kier alpha value is -2.17. The maximum Gasteiger partial charge on any atom is 0.356 e. The number of nitrogen functional groups attached to an aromatic ring is 1. The molecule has 1 heterocycles.